The topological polar surface area (TPSA) is 65.6 Å². The van der Waals surface area contributed by atoms with Crippen LogP contribution in [-0.2, 0) is 13.0 Å². The molecule has 6 heteroatoms. The maximum absolute atomic E-state index is 13.8. The van der Waals surface area contributed by atoms with Gasteiger partial charge in [-0.15, -0.1) is 0 Å². The van der Waals surface area contributed by atoms with Crippen molar-refractivity contribution < 1.29 is 0 Å². The van der Waals surface area contributed by atoms with Crippen LogP contribution in [0.4, 0.5) is 0 Å². The van der Waals surface area contributed by atoms with Gasteiger partial charge in [0.15, 0.2) is 11.3 Å². The lowest BCUT2D eigenvalue weighted by molar-refractivity contribution is 0.548. The number of aryl methyl sites for hydroxylation is 1. The highest BCUT2D eigenvalue weighted by Crippen LogP contribution is 2.28. The monoisotopic (exact) mass is 425 g/mol. The van der Waals surface area contributed by atoms with E-state index in [4.69, 9.17) is 15.0 Å². The van der Waals surface area contributed by atoms with Crippen molar-refractivity contribution in [3.8, 4) is 5.69 Å². The summed E-state index contributed by atoms with van der Waals surface area (Å²) in [6, 6.07) is 17.8. The van der Waals surface area contributed by atoms with Crippen molar-refractivity contribution in [3.63, 3.8) is 0 Å². The SMILES string of the molecule is CCCCCCn1c(CC)nc2c(c1=O)c1nc3ccccc3nc1n2-c1ccccc1. The zero-order valence-corrected chi connectivity index (χ0v) is 18.6. The lowest BCUT2D eigenvalue weighted by atomic mass is 10.2. The Morgan fingerprint density at radius 3 is 2.22 bits per heavy atom. The smallest absolute Gasteiger partial charge is 0.265 e. The first-order valence-corrected chi connectivity index (χ1v) is 11.5. The van der Waals surface area contributed by atoms with Gasteiger partial charge in [0.05, 0.1) is 11.0 Å². The fourth-order valence-corrected chi connectivity index (χ4v) is 4.39. The van der Waals surface area contributed by atoms with Gasteiger partial charge in [-0.1, -0.05) is 63.4 Å². The van der Waals surface area contributed by atoms with E-state index in [0.717, 1.165) is 35.4 Å². The summed E-state index contributed by atoms with van der Waals surface area (Å²) in [5, 5.41) is 0.551. The van der Waals surface area contributed by atoms with Gasteiger partial charge in [-0.05, 0) is 30.7 Å². The summed E-state index contributed by atoms with van der Waals surface area (Å²) in [5.41, 5.74) is 4.40. The molecule has 0 unspecified atom stereocenters. The second-order valence-corrected chi connectivity index (χ2v) is 8.15. The summed E-state index contributed by atoms with van der Waals surface area (Å²) in [6.07, 6.45) is 5.12. The molecular weight excluding hydrogens is 398 g/mol. The van der Waals surface area contributed by atoms with E-state index < -0.39 is 0 Å². The van der Waals surface area contributed by atoms with Crippen molar-refractivity contribution in [1.29, 1.82) is 0 Å². The predicted molar refractivity (Wildman–Crippen MR) is 129 cm³/mol. The second kappa shape index (κ2) is 8.54. The fraction of sp³-hybridized carbons (Fsp3) is 0.308. The Labute approximate surface area is 186 Å². The summed E-state index contributed by atoms with van der Waals surface area (Å²) in [4.78, 5) is 28.6. The molecule has 0 saturated carbocycles. The summed E-state index contributed by atoms with van der Waals surface area (Å²) in [7, 11) is 0. The first-order valence-electron chi connectivity index (χ1n) is 11.5. The summed E-state index contributed by atoms with van der Waals surface area (Å²) < 4.78 is 3.83. The van der Waals surface area contributed by atoms with E-state index in [1.807, 2.05) is 63.7 Å². The van der Waals surface area contributed by atoms with Crippen LogP contribution in [-0.4, -0.2) is 24.1 Å². The van der Waals surface area contributed by atoms with E-state index in [-0.39, 0.29) is 5.56 Å². The molecule has 3 heterocycles. The van der Waals surface area contributed by atoms with Crippen molar-refractivity contribution in [2.45, 2.75) is 52.5 Å². The lowest BCUT2D eigenvalue weighted by Gasteiger charge is -2.12. The Morgan fingerprint density at radius 1 is 0.781 bits per heavy atom. The summed E-state index contributed by atoms with van der Waals surface area (Å²) in [6.45, 7) is 4.93. The Balaban J connectivity index is 1.85. The third-order valence-corrected chi connectivity index (χ3v) is 6.01. The number of nitrogens with zero attached hydrogens (tertiary/aromatic N) is 5. The average molecular weight is 426 g/mol. The minimum Gasteiger partial charge on any atom is -0.296 e. The number of aromatic nitrogens is 5. The third kappa shape index (κ3) is 3.36. The number of benzene rings is 2. The molecule has 5 rings (SSSR count). The zero-order valence-electron chi connectivity index (χ0n) is 18.6. The maximum Gasteiger partial charge on any atom is 0.265 e. The molecule has 0 bridgehead atoms. The van der Waals surface area contributed by atoms with Crippen LogP contribution >= 0.6 is 0 Å². The van der Waals surface area contributed by atoms with Crippen LogP contribution in [0.2, 0.25) is 0 Å². The molecule has 0 aliphatic rings. The fourth-order valence-electron chi connectivity index (χ4n) is 4.39. The normalized spacial score (nSPS) is 11.7. The van der Waals surface area contributed by atoms with Gasteiger partial charge in [-0.2, -0.15) is 0 Å². The maximum atomic E-state index is 13.8. The summed E-state index contributed by atoms with van der Waals surface area (Å²) >= 11 is 0. The van der Waals surface area contributed by atoms with E-state index in [2.05, 4.69) is 13.8 Å². The molecule has 0 aliphatic heterocycles. The molecule has 0 spiro atoms. The molecular formula is C26H27N5O. The third-order valence-electron chi connectivity index (χ3n) is 6.01. The Bertz CT molecular complexity index is 1470. The molecule has 0 fully saturated rings. The van der Waals surface area contributed by atoms with Gasteiger partial charge >= 0.3 is 0 Å². The van der Waals surface area contributed by atoms with Crippen LogP contribution in [0.1, 0.15) is 45.4 Å². The lowest BCUT2D eigenvalue weighted by Crippen LogP contribution is -2.25. The van der Waals surface area contributed by atoms with Gasteiger partial charge in [-0.3, -0.25) is 13.9 Å². The minimum absolute atomic E-state index is 0.0207. The van der Waals surface area contributed by atoms with Gasteiger partial charge in [0.2, 0.25) is 0 Å². The number of hydrogen-bond acceptors (Lipinski definition) is 4. The molecule has 5 aromatic rings. The van der Waals surface area contributed by atoms with E-state index in [0.29, 0.717) is 35.2 Å². The van der Waals surface area contributed by atoms with E-state index in [9.17, 15) is 4.79 Å². The van der Waals surface area contributed by atoms with Crippen LogP contribution in [0.3, 0.4) is 0 Å². The molecule has 3 aromatic heterocycles. The number of hydrogen-bond donors (Lipinski definition) is 0. The Morgan fingerprint density at radius 2 is 1.50 bits per heavy atom. The second-order valence-electron chi connectivity index (χ2n) is 8.15. The first-order chi connectivity index (χ1) is 15.7. The van der Waals surface area contributed by atoms with E-state index >= 15 is 0 Å². The number of unbranched alkanes of at least 4 members (excludes halogenated alkanes) is 3. The quantitative estimate of drug-likeness (QED) is 0.326. The van der Waals surface area contributed by atoms with Gasteiger partial charge < -0.3 is 0 Å². The molecule has 0 amide bonds. The van der Waals surface area contributed by atoms with Crippen molar-refractivity contribution in [3.05, 3.63) is 70.8 Å². The molecule has 162 valence electrons. The van der Waals surface area contributed by atoms with Crippen molar-refractivity contribution in [1.82, 2.24) is 24.1 Å². The van der Waals surface area contributed by atoms with Crippen LogP contribution in [0.15, 0.2) is 59.4 Å². The van der Waals surface area contributed by atoms with Crippen LogP contribution in [0.5, 0.6) is 0 Å². The Hall–Kier alpha value is -3.54. The molecule has 6 nitrogen and oxygen atoms in total. The minimum atomic E-state index is -0.0207. The highest BCUT2D eigenvalue weighted by Gasteiger charge is 2.22. The zero-order chi connectivity index (χ0) is 22.1. The predicted octanol–water partition coefficient (Wildman–Crippen LogP) is 5.43. The van der Waals surface area contributed by atoms with E-state index in [1.165, 1.54) is 12.8 Å². The highest BCUT2D eigenvalue weighted by atomic mass is 16.1. The van der Waals surface area contributed by atoms with Crippen molar-refractivity contribution >= 4 is 33.2 Å². The van der Waals surface area contributed by atoms with Crippen LogP contribution in [0.25, 0.3) is 38.9 Å². The van der Waals surface area contributed by atoms with E-state index in [1.54, 1.807) is 0 Å². The van der Waals surface area contributed by atoms with Gasteiger partial charge in [0.1, 0.15) is 16.7 Å². The van der Waals surface area contributed by atoms with Gasteiger partial charge in [0, 0.05) is 18.7 Å². The van der Waals surface area contributed by atoms with Crippen molar-refractivity contribution in [2.75, 3.05) is 0 Å². The number of para-hydroxylation sites is 3. The highest BCUT2D eigenvalue weighted by molar-refractivity contribution is 6.05. The van der Waals surface area contributed by atoms with Crippen LogP contribution in [0, 0.1) is 0 Å². The molecule has 0 aliphatic carbocycles. The molecule has 0 N–H and O–H groups in total. The van der Waals surface area contributed by atoms with Gasteiger partial charge in [0.25, 0.3) is 5.56 Å². The molecule has 0 radical (unpaired) electrons. The van der Waals surface area contributed by atoms with Crippen LogP contribution < -0.4 is 5.56 Å². The molecule has 0 atom stereocenters. The van der Waals surface area contributed by atoms with Crippen molar-refractivity contribution in [2.24, 2.45) is 0 Å². The molecule has 32 heavy (non-hydrogen) atoms. The largest absolute Gasteiger partial charge is 0.296 e. The molecule has 2 aromatic carbocycles. The molecule has 0 saturated heterocycles. The number of rotatable bonds is 7. The number of fused-ring (bicyclic) bond motifs is 4. The first kappa shape index (κ1) is 20.4. The van der Waals surface area contributed by atoms with Gasteiger partial charge in [-0.25, -0.2) is 15.0 Å². The Kier molecular flexibility index (Phi) is 5.43. The standard InChI is InChI=1S/C26H27N5O/c1-3-5-6-12-17-30-21(4-2)29-24-22(26(30)32)23-25(31(24)18-13-8-7-9-14-18)28-20-16-11-10-15-19(20)27-23/h7-11,13-16H,3-6,12,17H2,1-2H3. The average Bonchev–Trinajstić information content (AvgIpc) is 3.14. The summed E-state index contributed by atoms with van der Waals surface area (Å²) in [5.74, 6) is 0.809.